The Morgan fingerprint density at radius 3 is 2.00 bits per heavy atom. The second-order valence-electron chi connectivity index (χ2n) is 5.01. The largest absolute Gasteiger partial charge is 0.478 e. The molecule has 0 atom stereocenters. The molecule has 0 aliphatic carbocycles. The summed E-state index contributed by atoms with van der Waals surface area (Å²) >= 11 is 0. The number of carboxylic acids is 1. The van der Waals surface area contributed by atoms with Gasteiger partial charge in [0.05, 0.1) is 13.7 Å². The topological polar surface area (TPSA) is 89.9 Å². The number of carbonyl (C=O) groups excluding carboxylic acids is 2. The predicted molar refractivity (Wildman–Crippen MR) is 85.7 cm³/mol. The summed E-state index contributed by atoms with van der Waals surface area (Å²) in [4.78, 5) is 33.5. The molecule has 128 valence electrons. The number of hydrogen-bond acceptors (Lipinski definition) is 5. The van der Waals surface area contributed by atoms with Gasteiger partial charge < -0.3 is 14.6 Å². The quantitative estimate of drug-likeness (QED) is 0.303. The molecular formula is C17H24O6. The van der Waals surface area contributed by atoms with Gasteiger partial charge in [-0.25, -0.2) is 14.4 Å². The number of carboxylic acid groups (broad SMARTS) is 1. The lowest BCUT2D eigenvalue weighted by Gasteiger charge is -2.04. The molecule has 0 spiro atoms. The van der Waals surface area contributed by atoms with Crippen molar-refractivity contribution >= 4 is 17.9 Å². The number of aliphatic carboxylic acids is 1. The zero-order chi connectivity index (χ0) is 17.8. The van der Waals surface area contributed by atoms with Crippen LogP contribution in [0.15, 0.2) is 34.9 Å². The van der Waals surface area contributed by atoms with Crippen molar-refractivity contribution in [2.75, 3.05) is 13.7 Å². The van der Waals surface area contributed by atoms with Crippen molar-refractivity contribution in [1.29, 1.82) is 0 Å². The Kier molecular flexibility index (Phi) is 10.1. The van der Waals surface area contributed by atoms with Crippen LogP contribution < -0.4 is 0 Å². The number of ether oxygens (including phenoxy) is 2. The second kappa shape index (κ2) is 11.2. The Hall–Kier alpha value is -2.37. The van der Waals surface area contributed by atoms with E-state index in [0.717, 1.165) is 6.42 Å². The van der Waals surface area contributed by atoms with E-state index in [1.165, 1.54) is 19.3 Å². The van der Waals surface area contributed by atoms with Crippen molar-refractivity contribution in [3.05, 3.63) is 34.9 Å². The predicted octanol–water partition coefficient (Wildman–Crippen LogP) is 2.80. The summed E-state index contributed by atoms with van der Waals surface area (Å²) in [7, 11) is 1.29. The van der Waals surface area contributed by atoms with Gasteiger partial charge >= 0.3 is 17.9 Å². The highest BCUT2D eigenvalue weighted by molar-refractivity contribution is 5.90. The van der Waals surface area contributed by atoms with Crippen LogP contribution in [0.2, 0.25) is 0 Å². The van der Waals surface area contributed by atoms with E-state index >= 15 is 0 Å². The number of allylic oxidation sites excluding steroid dienone is 3. The van der Waals surface area contributed by atoms with Gasteiger partial charge in [-0.2, -0.15) is 0 Å². The molecular weight excluding hydrogens is 300 g/mol. The van der Waals surface area contributed by atoms with Gasteiger partial charge in [-0.05, 0) is 40.0 Å². The fourth-order valence-electron chi connectivity index (χ4n) is 1.48. The highest BCUT2D eigenvalue weighted by atomic mass is 16.5. The molecule has 0 aromatic carbocycles. The third-order valence-corrected chi connectivity index (χ3v) is 3.03. The van der Waals surface area contributed by atoms with Gasteiger partial charge in [0.15, 0.2) is 0 Å². The zero-order valence-corrected chi connectivity index (χ0v) is 14.0. The number of unbranched alkanes of at least 4 members (excludes halogenated alkanes) is 2. The molecule has 0 saturated carbocycles. The molecule has 0 fully saturated rings. The van der Waals surface area contributed by atoms with Crippen molar-refractivity contribution in [2.45, 2.75) is 40.0 Å². The van der Waals surface area contributed by atoms with Crippen LogP contribution in [0, 0.1) is 0 Å². The van der Waals surface area contributed by atoms with Crippen molar-refractivity contribution in [3.63, 3.8) is 0 Å². The molecule has 0 aliphatic rings. The minimum absolute atomic E-state index is 0.268. The average molecular weight is 324 g/mol. The summed E-state index contributed by atoms with van der Waals surface area (Å²) in [6.07, 6.45) is 6.68. The molecule has 0 amide bonds. The Bertz CT molecular complexity index is 525. The first-order chi connectivity index (χ1) is 10.8. The van der Waals surface area contributed by atoms with E-state index in [9.17, 15) is 14.4 Å². The number of rotatable bonds is 9. The molecule has 23 heavy (non-hydrogen) atoms. The van der Waals surface area contributed by atoms with Gasteiger partial charge in [-0.15, -0.1) is 0 Å². The molecule has 0 radical (unpaired) electrons. The van der Waals surface area contributed by atoms with Crippen molar-refractivity contribution in [2.24, 2.45) is 0 Å². The van der Waals surface area contributed by atoms with Crippen LogP contribution in [0.3, 0.4) is 0 Å². The zero-order valence-electron chi connectivity index (χ0n) is 14.0. The SMILES string of the molecule is COC(=O)C(C)=CC=C(C)C(=O)OCCCCC=C(C)C(=O)O. The monoisotopic (exact) mass is 324 g/mol. The van der Waals surface area contributed by atoms with E-state index in [2.05, 4.69) is 4.74 Å². The smallest absolute Gasteiger partial charge is 0.333 e. The summed E-state index contributed by atoms with van der Waals surface area (Å²) in [5.74, 6) is -1.82. The van der Waals surface area contributed by atoms with Crippen LogP contribution in [0.25, 0.3) is 0 Å². The number of hydrogen-bond donors (Lipinski definition) is 1. The molecule has 6 heteroatoms. The van der Waals surface area contributed by atoms with Crippen LogP contribution in [-0.2, 0) is 23.9 Å². The maximum atomic E-state index is 11.7. The summed E-state index contributed by atoms with van der Waals surface area (Å²) in [5.41, 5.74) is 1.09. The minimum Gasteiger partial charge on any atom is -0.478 e. The van der Waals surface area contributed by atoms with Crippen LogP contribution in [-0.4, -0.2) is 36.7 Å². The van der Waals surface area contributed by atoms with E-state index in [0.29, 0.717) is 29.6 Å². The molecule has 0 rings (SSSR count). The standard InChI is InChI=1S/C17H24O6/c1-12(15(18)19)8-6-5-7-11-23-17(21)14(3)10-9-13(2)16(20)22-4/h8-10H,5-7,11H2,1-4H3,(H,18,19). The van der Waals surface area contributed by atoms with E-state index in [1.54, 1.807) is 26.8 Å². The second-order valence-corrected chi connectivity index (χ2v) is 5.01. The Morgan fingerprint density at radius 1 is 0.913 bits per heavy atom. The fraction of sp³-hybridized carbons (Fsp3) is 0.471. The van der Waals surface area contributed by atoms with Crippen molar-refractivity contribution in [1.82, 2.24) is 0 Å². The maximum Gasteiger partial charge on any atom is 0.333 e. The molecule has 1 N–H and O–H groups in total. The lowest BCUT2D eigenvalue weighted by atomic mass is 10.2. The highest BCUT2D eigenvalue weighted by Crippen LogP contribution is 2.05. The lowest BCUT2D eigenvalue weighted by molar-refractivity contribution is -0.139. The molecule has 0 bridgehead atoms. The molecule has 0 aromatic rings. The van der Waals surface area contributed by atoms with Gasteiger partial charge in [-0.3, -0.25) is 0 Å². The maximum absolute atomic E-state index is 11.7. The van der Waals surface area contributed by atoms with Crippen LogP contribution in [0.5, 0.6) is 0 Å². The first-order valence-electron chi connectivity index (χ1n) is 7.30. The lowest BCUT2D eigenvalue weighted by Crippen LogP contribution is -2.07. The van der Waals surface area contributed by atoms with Gasteiger partial charge in [0.1, 0.15) is 0 Å². The van der Waals surface area contributed by atoms with E-state index < -0.39 is 17.9 Å². The summed E-state index contributed by atoms with van der Waals surface area (Å²) in [6, 6.07) is 0. The first kappa shape index (κ1) is 20.6. The third kappa shape index (κ3) is 9.29. The van der Waals surface area contributed by atoms with E-state index in [1.807, 2.05) is 0 Å². The van der Waals surface area contributed by atoms with Crippen molar-refractivity contribution < 1.29 is 29.0 Å². The van der Waals surface area contributed by atoms with Gasteiger partial charge in [-0.1, -0.05) is 18.2 Å². The van der Waals surface area contributed by atoms with Crippen LogP contribution >= 0.6 is 0 Å². The molecule has 6 nitrogen and oxygen atoms in total. The van der Waals surface area contributed by atoms with Gasteiger partial charge in [0, 0.05) is 16.7 Å². The molecule has 0 heterocycles. The van der Waals surface area contributed by atoms with Gasteiger partial charge in [0.2, 0.25) is 0 Å². The van der Waals surface area contributed by atoms with Crippen molar-refractivity contribution in [3.8, 4) is 0 Å². The highest BCUT2D eigenvalue weighted by Gasteiger charge is 2.06. The first-order valence-corrected chi connectivity index (χ1v) is 7.30. The summed E-state index contributed by atoms with van der Waals surface area (Å²) in [6.45, 7) is 5.00. The van der Waals surface area contributed by atoms with Crippen LogP contribution in [0.1, 0.15) is 40.0 Å². The summed E-state index contributed by atoms with van der Waals surface area (Å²) < 4.78 is 9.63. The number of esters is 2. The van der Waals surface area contributed by atoms with Crippen LogP contribution in [0.4, 0.5) is 0 Å². The Labute approximate surface area is 136 Å². The molecule has 0 aliphatic heterocycles. The van der Waals surface area contributed by atoms with E-state index in [4.69, 9.17) is 9.84 Å². The number of methoxy groups -OCH3 is 1. The number of carbonyl (C=O) groups is 3. The summed E-state index contributed by atoms with van der Waals surface area (Å²) in [5, 5.41) is 8.68. The Morgan fingerprint density at radius 2 is 1.48 bits per heavy atom. The third-order valence-electron chi connectivity index (χ3n) is 3.03. The molecule has 0 saturated heterocycles. The van der Waals surface area contributed by atoms with Gasteiger partial charge in [0.25, 0.3) is 0 Å². The Balaban J connectivity index is 4.13. The molecule has 0 aromatic heterocycles. The fourth-order valence-corrected chi connectivity index (χ4v) is 1.48. The minimum atomic E-state index is -0.924. The average Bonchev–Trinajstić information content (AvgIpc) is 2.53. The van der Waals surface area contributed by atoms with E-state index in [-0.39, 0.29) is 6.61 Å². The molecule has 0 unspecified atom stereocenters. The normalized spacial score (nSPS) is 12.8.